The molecule has 5 nitrogen and oxygen atoms in total. The first-order valence-corrected chi connectivity index (χ1v) is 6.93. The summed E-state index contributed by atoms with van der Waals surface area (Å²) in [7, 11) is 3.11. The minimum Gasteiger partial charge on any atom is -0.493 e. The fourth-order valence-electron chi connectivity index (χ4n) is 1.88. The molecule has 1 saturated carbocycles. The Kier molecular flexibility index (Phi) is 5.09. The largest absolute Gasteiger partial charge is 0.493 e. The second-order valence-corrected chi connectivity index (χ2v) is 5.10. The van der Waals surface area contributed by atoms with Gasteiger partial charge in [-0.15, -0.1) is 0 Å². The summed E-state index contributed by atoms with van der Waals surface area (Å²) in [4.78, 5) is 11.5. The zero-order chi connectivity index (χ0) is 14.5. The number of hydrogen-bond acceptors (Lipinski definition) is 4. The number of hydrogen-bond donors (Lipinski definition) is 2. The summed E-state index contributed by atoms with van der Waals surface area (Å²) in [6.07, 6.45) is 2.18. The van der Waals surface area contributed by atoms with E-state index in [1.54, 1.807) is 20.3 Å². The molecule has 0 radical (unpaired) electrons. The number of amides is 1. The Balaban J connectivity index is 1.90. The SMILES string of the molecule is COc1ccc(CNCC(=O)NC2CC2)c(Cl)c1OC. The van der Waals surface area contributed by atoms with Crippen LogP contribution in [0, 0.1) is 0 Å². The summed E-state index contributed by atoms with van der Waals surface area (Å²) in [5, 5.41) is 6.49. The lowest BCUT2D eigenvalue weighted by molar-refractivity contribution is -0.120. The molecule has 0 bridgehead atoms. The van der Waals surface area contributed by atoms with Crippen LogP contribution < -0.4 is 20.1 Å². The number of carbonyl (C=O) groups excluding carboxylic acids is 1. The second-order valence-electron chi connectivity index (χ2n) is 4.72. The van der Waals surface area contributed by atoms with E-state index in [1.165, 1.54) is 0 Å². The van der Waals surface area contributed by atoms with Crippen LogP contribution in [-0.4, -0.2) is 32.7 Å². The molecule has 1 aromatic carbocycles. The third-order valence-electron chi connectivity index (χ3n) is 3.11. The molecule has 6 heteroatoms. The molecule has 1 aliphatic carbocycles. The average Bonchev–Trinajstić information content (AvgIpc) is 3.24. The zero-order valence-electron chi connectivity index (χ0n) is 11.7. The normalized spacial score (nSPS) is 13.9. The Morgan fingerprint density at radius 1 is 1.35 bits per heavy atom. The molecule has 1 aromatic rings. The van der Waals surface area contributed by atoms with Gasteiger partial charge in [-0.25, -0.2) is 0 Å². The maximum Gasteiger partial charge on any atom is 0.234 e. The van der Waals surface area contributed by atoms with Gasteiger partial charge in [-0.2, -0.15) is 0 Å². The number of nitrogens with one attached hydrogen (secondary N) is 2. The first-order valence-electron chi connectivity index (χ1n) is 6.55. The van der Waals surface area contributed by atoms with Crippen molar-refractivity contribution in [2.45, 2.75) is 25.4 Å². The average molecular weight is 299 g/mol. The van der Waals surface area contributed by atoms with Crippen LogP contribution in [-0.2, 0) is 11.3 Å². The van der Waals surface area contributed by atoms with Gasteiger partial charge in [0.05, 0.1) is 25.8 Å². The van der Waals surface area contributed by atoms with Crippen LogP contribution in [0.15, 0.2) is 12.1 Å². The molecular weight excluding hydrogens is 280 g/mol. The first kappa shape index (κ1) is 14.9. The van der Waals surface area contributed by atoms with Gasteiger partial charge >= 0.3 is 0 Å². The molecule has 1 aliphatic rings. The van der Waals surface area contributed by atoms with E-state index in [2.05, 4.69) is 10.6 Å². The number of methoxy groups -OCH3 is 2. The maximum absolute atomic E-state index is 11.5. The topological polar surface area (TPSA) is 59.6 Å². The van der Waals surface area contributed by atoms with Gasteiger partial charge in [-0.3, -0.25) is 4.79 Å². The lowest BCUT2D eigenvalue weighted by Gasteiger charge is -2.13. The van der Waals surface area contributed by atoms with Gasteiger partial charge in [-0.05, 0) is 24.5 Å². The molecule has 110 valence electrons. The Morgan fingerprint density at radius 2 is 2.10 bits per heavy atom. The standard InChI is InChI=1S/C14H19ClN2O3/c1-19-11-6-3-9(13(15)14(11)20-2)7-16-8-12(18)17-10-4-5-10/h3,6,10,16H,4-5,7-8H2,1-2H3,(H,17,18). The predicted octanol–water partition coefficient (Wildman–Crippen LogP) is 1.73. The van der Waals surface area contributed by atoms with Gasteiger partial charge in [-0.1, -0.05) is 17.7 Å². The molecule has 2 N–H and O–H groups in total. The minimum absolute atomic E-state index is 0.0177. The van der Waals surface area contributed by atoms with Gasteiger partial charge in [0, 0.05) is 12.6 Å². The fraction of sp³-hybridized carbons (Fsp3) is 0.500. The van der Waals surface area contributed by atoms with Crippen molar-refractivity contribution in [2.24, 2.45) is 0 Å². The van der Waals surface area contributed by atoms with Crippen LogP contribution in [0.5, 0.6) is 11.5 Å². The molecule has 0 atom stereocenters. The van der Waals surface area contributed by atoms with E-state index in [0.717, 1.165) is 18.4 Å². The molecule has 0 heterocycles. The van der Waals surface area contributed by atoms with Crippen LogP contribution in [0.25, 0.3) is 0 Å². The van der Waals surface area contributed by atoms with Crippen molar-refractivity contribution in [2.75, 3.05) is 20.8 Å². The van der Waals surface area contributed by atoms with E-state index >= 15 is 0 Å². The molecule has 0 saturated heterocycles. The summed E-state index contributed by atoms with van der Waals surface area (Å²) in [5.41, 5.74) is 0.864. The van der Waals surface area contributed by atoms with Crippen LogP contribution in [0.2, 0.25) is 5.02 Å². The molecule has 20 heavy (non-hydrogen) atoms. The zero-order valence-corrected chi connectivity index (χ0v) is 12.4. The fourth-order valence-corrected chi connectivity index (χ4v) is 2.18. The van der Waals surface area contributed by atoms with Gasteiger partial charge in [0.15, 0.2) is 11.5 Å². The molecular formula is C14H19ClN2O3. The van der Waals surface area contributed by atoms with E-state index < -0.39 is 0 Å². The Morgan fingerprint density at radius 3 is 2.70 bits per heavy atom. The number of halogens is 1. The van der Waals surface area contributed by atoms with Crippen LogP contribution >= 0.6 is 11.6 Å². The highest BCUT2D eigenvalue weighted by atomic mass is 35.5. The highest BCUT2D eigenvalue weighted by molar-refractivity contribution is 6.33. The summed E-state index contributed by atoms with van der Waals surface area (Å²) in [6, 6.07) is 4.04. The second kappa shape index (κ2) is 6.81. The molecule has 0 aromatic heterocycles. The highest BCUT2D eigenvalue weighted by Crippen LogP contribution is 2.37. The summed E-state index contributed by atoms with van der Waals surface area (Å²) >= 11 is 6.26. The van der Waals surface area contributed by atoms with Gasteiger partial charge in [0.25, 0.3) is 0 Å². The molecule has 1 amide bonds. The lowest BCUT2D eigenvalue weighted by Crippen LogP contribution is -2.34. The van der Waals surface area contributed by atoms with E-state index in [0.29, 0.717) is 29.1 Å². The van der Waals surface area contributed by atoms with Crippen molar-refractivity contribution in [3.63, 3.8) is 0 Å². The van der Waals surface area contributed by atoms with E-state index in [4.69, 9.17) is 21.1 Å². The Labute approximate surface area is 123 Å². The van der Waals surface area contributed by atoms with E-state index in [1.807, 2.05) is 6.07 Å². The third-order valence-corrected chi connectivity index (χ3v) is 3.52. The monoisotopic (exact) mass is 298 g/mol. The Bertz CT molecular complexity index is 490. The summed E-state index contributed by atoms with van der Waals surface area (Å²) in [6.45, 7) is 0.776. The van der Waals surface area contributed by atoms with E-state index in [9.17, 15) is 4.79 Å². The van der Waals surface area contributed by atoms with Crippen molar-refractivity contribution in [1.82, 2.24) is 10.6 Å². The van der Waals surface area contributed by atoms with Crippen molar-refractivity contribution >= 4 is 17.5 Å². The summed E-state index contributed by atoms with van der Waals surface area (Å²) in [5.74, 6) is 1.12. The van der Waals surface area contributed by atoms with Crippen molar-refractivity contribution in [3.8, 4) is 11.5 Å². The van der Waals surface area contributed by atoms with Crippen molar-refractivity contribution < 1.29 is 14.3 Å². The minimum atomic E-state index is 0.0177. The van der Waals surface area contributed by atoms with Gasteiger partial charge in [0.1, 0.15) is 0 Å². The van der Waals surface area contributed by atoms with Crippen LogP contribution in [0.3, 0.4) is 0 Å². The highest BCUT2D eigenvalue weighted by Gasteiger charge is 2.22. The molecule has 0 aliphatic heterocycles. The number of ether oxygens (including phenoxy) is 2. The smallest absolute Gasteiger partial charge is 0.234 e. The predicted molar refractivity (Wildman–Crippen MR) is 77.4 cm³/mol. The summed E-state index contributed by atoms with van der Waals surface area (Å²) < 4.78 is 10.4. The van der Waals surface area contributed by atoms with Gasteiger partial charge < -0.3 is 20.1 Å². The van der Waals surface area contributed by atoms with Crippen molar-refractivity contribution in [3.05, 3.63) is 22.7 Å². The van der Waals surface area contributed by atoms with Gasteiger partial charge in [0.2, 0.25) is 5.91 Å². The Hall–Kier alpha value is -1.46. The van der Waals surface area contributed by atoms with Crippen LogP contribution in [0.4, 0.5) is 0 Å². The number of carbonyl (C=O) groups is 1. The maximum atomic E-state index is 11.5. The molecule has 2 rings (SSSR count). The van der Waals surface area contributed by atoms with Crippen LogP contribution in [0.1, 0.15) is 18.4 Å². The number of benzene rings is 1. The molecule has 0 unspecified atom stereocenters. The van der Waals surface area contributed by atoms with E-state index in [-0.39, 0.29) is 12.5 Å². The number of rotatable bonds is 7. The van der Waals surface area contributed by atoms with Crippen molar-refractivity contribution in [1.29, 1.82) is 0 Å². The first-order chi connectivity index (χ1) is 9.65. The molecule has 1 fully saturated rings. The quantitative estimate of drug-likeness (QED) is 0.805. The third kappa shape index (κ3) is 3.77. The lowest BCUT2D eigenvalue weighted by atomic mass is 10.2. The molecule has 0 spiro atoms.